The summed E-state index contributed by atoms with van der Waals surface area (Å²) in [5, 5.41) is 0. The summed E-state index contributed by atoms with van der Waals surface area (Å²) in [6.07, 6.45) is 3.94. The molecular weight excluding hydrogens is 410 g/mol. The average Bonchev–Trinajstić information content (AvgIpc) is 3.27. The molecule has 3 aromatic rings. The summed E-state index contributed by atoms with van der Waals surface area (Å²) < 4.78 is 0. The lowest BCUT2D eigenvalue weighted by molar-refractivity contribution is -0.118. The summed E-state index contributed by atoms with van der Waals surface area (Å²) in [6, 6.07) is 21.7. The summed E-state index contributed by atoms with van der Waals surface area (Å²) in [5.74, 6) is -1.01. The molecule has 0 bridgehead atoms. The summed E-state index contributed by atoms with van der Waals surface area (Å²) in [5.41, 5.74) is 3.31. The van der Waals surface area contributed by atoms with Crippen LogP contribution in [0.2, 0.25) is 0 Å². The van der Waals surface area contributed by atoms with Crippen LogP contribution in [0.4, 0.5) is 5.69 Å². The number of ketones is 3. The van der Waals surface area contributed by atoms with Crippen LogP contribution in [0.5, 0.6) is 0 Å². The zero-order valence-corrected chi connectivity index (χ0v) is 18.5. The number of carbonyl (C=O) groups is 3. The van der Waals surface area contributed by atoms with Crippen LogP contribution >= 0.6 is 0 Å². The van der Waals surface area contributed by atoms with Gasteiger partial charge in [-0.2, -0.15) is 0 Å². The first-order chi connectivity index (χ1) is 16.0. The van der Waals surface area contributed by atoms with E-state index in [-0.39, 0.29) is 17.3 Å². The number of nitrogens with zero attached hydrogens (tertiary/aromatic N) is 1. The van der Waals surface area contributed by atoms with Crippen molar-refractivity contribution in [3.8, 4) is 0 Å². The van der Waals surface area contributed by atoms with E-state index in [1.54, 1.807) is 31.2 Å². The molecule has 3 atom stereocenters. The molecule has 162 valence electrons. The molecule has 1 spiro atoms. The minimum Gasteiger partial charge on any atom is -0.352 e. The number of fused-ring (bicyclic) bond motifs is 5. The maximum Gasteiger partial charge on any atom is 0.180 e. The predicted molar refractivity (Wildman–Crippen MR) is 128 cm³/mol. The van der Waals surface area contributed by atoms with Crippen molar-refractivity contribution in [2.24, 2.45) is 5.41 Å². The second kappa shape index (κ2) is 6.85. The van der Waals surface area contributed by atoms with E-state index in [1.807, 2.05) is 72.5 Å². The maximum atomic E-state index is 14.2. The lowest BCUT2D eigenvalue weighted by Gasteiger charge is -2.37. The van der Waals surface area contributed by atoms with Gasteiger partial charge in [-0.3, -0.25) is 14.4 Å². The fraction of sp³-hybridized carbons (Fsp3) is 0.207. The molecule has 4 heteroatoms. The Morgan fingerprint density at radius 1 is 0.848 bits per heavy atom. The Balaban J connectivity index is 1.68. The van der Waals surface area contributed by atoms with Crippen LogP contribution in [-0.2, 0) is 4.79 Å². The van der Waals surface area contributed by atoms with E-state index in [1.165, 1.54) is 0 Å². The Bertz CT molecular complexity index is 1330. The highest BCUT2D eigenvalue weighted by Crippen LogP contribution is 2.60. The van der Waals surface area contributed by atoms with Gasteiger partial charge in [-0.15, -0.1) is 0 Å². The normalized spacial score (nSPS) is 24.1. The number of carbonyl (C=O) groups excluding carboxylic acids is 3. The van der Waals surface area contributed by atoms with E-state index in [0.717, 1.165) is 22.4 Å². The lowest BCUT2D eigenvalue weighted by atomic mass is 9.64. The molecule has 2 heterocycles. The Morgan fingerprint density at radius 3 is 2.09 bits per heavy atom. The smallest absolute Gasteiger partial charge is 0.180 e. The number of aryl methyl sites for hydroxylation is 1. The van der Waals surface area contributed by atoms with Crippen molar-refractivity contribution in [2.45, 2.75) is 31.8 Å². The molecule has 1 aliphatic carbocycles. The van der Waals surface area contributed by atoms with E-state index in [9.17, 15) is 14.4 Å². The van der Waals surface area contributed by atoms with Crippen LogP contribution in [0.3, 0.4) is 0 Å². The molecule has 1 fully saturated rings. The minimum absolute atomic E-state index is 0.0518. The van der Waals surface area contributed by atoms with Gasteiger partial charge in [-0.05, 0) is 31.0 Å². The second-order valence-corrected chi connectivity index (χ2v) is 9.29. The van der Waals surface area contributed by atoms with Gasteiger partial charge in [0.2, 0.25) is 0 Å². The van der Waals surface area contributed by atoms with Crippen LogP contribution in [0.15, 0.2) is 78.9 Å². The Kier molecular flexibility index (Phi) is 4.12. The Morgan fingerprint density at radius 2 is 1.45 bits per heavy atom. The SMILES string of the molecule is CC(=O)[C@H]1[C@H](c2ccc(C)cc2)C2(C(=O)c3ccccc3C2=O)[C@H]2C=Cc3ccccc3N12. The second-order valence-electron chi connectivity index (χ2n) is 9.29. The van der Waals surface area contributed by atoms with Crippen molar-refractivity contribution >= 4 is 29.1 Å². The Hall–Kier alpha value is -3.79. The number of rotatable bonds is 2. The molecule has 6 rings (SSSR count). The van der Waals surface area contributed by atoms with E-state index in [4.69, 9.17) is 0 Å². The molecule has 1 saturated heterocycles. The molecular formula is C29H23NO3. The van der Waals surface area contributed by atoms with Crippen molar-refractivity contribution in [1.29, 1.82) is 0 Å². The molecule has 0 amide bonds. The van der Waals surface area contributed by atoms with Gasteiger partial charge in [-0.1, -0.05) is 84.4 Å². The molecule has 4 nitrogen and oxygen atoms in total. The predicted octanol–water partition coefficient (Wildman–Crippen LogP) is 5.02. The molecule has 3 aromatic carbocycles. The van der Waals surface area contributed by atoms with Gasteiger partial charge in [0.1, 0.15) is 5.41 Å². The van der Waals surface area contributed by atoms with Crippen LogP contribution < -0.4 is 4.90 Å². The van der Waals surface area contributed by atoms with Gasteiger partial charge in [0, 0.05) is 22.7 Å². The first-order valence-corrected chi connectivity index (χ1v) is 11.3. The largest absolute Gasteiger partial charge is 0.352 e. The number of Topliss-reactive ketones (excluding diaryl/α,β-unsaturated/α-hetero) is 3. The number of anilines is 1. The summed E-state index contributed by atoms with van der Waals surface area (Å²) in [7, 11) is 0. The van der Waals surface area contributed by atoms with Gasteiger partial charge in [-0.25, -0.2) is 0 Å². The van der Waals surface area contributed by atoms with Gasteiger partial charge in [0.15, 0.2) is 17.3 Å². The monoisotopic (exact) mass is 433 g/mol. The molecule has 0 saturated carbocycles. The van der Waals surface area contributed by atoms with Crippen LogP contribution in [-0.4, -0.2) is 29.4 Å². The van der Waals surface area contributed by atoms with Gasteiger partial charge in [0.25, 0.3) is 0 Å². The van der Waals surface area contributed by atoms with Crippen LogP contribution in [0, 0.1) is 12.3 Å². The molecule has 0 unspecified atom stereocenters. The van der Waals surface area contributed by atoms with Crippen molar-refractivity contribution in [1.82, 2.24) is 0 Å². The molecule has 3 aliphatic rings. The standard InChI is InChI=1S/C29H23NO3/c1-17-11-13-20(14-12-17)25-26(18(2)31)30-23-10-6-3-7-19(23)15-16-24(30)29(25)27(32)21-8-4-5-9-22(21)28(29)33/h3-16,24-26H,1-2H3/t24-,25+,26+/m1/s1. The van der Waals surface area contributed by atoms with E-state index < -0.39 is 23.4 Å². The third kappa shape index (κ3) is 2.44. The Labute approximate surface area is 192 Å². The molecule has 0 N–H and O–H groups in total. The van der Waals surface area contributed by atoms with Crippen molar-refractivity contribution in [2.75, 3.05) is 4.90 Å². The number of para-hydroxylation sites is 1. The van der Waals surface area contributed by atoms with Crippen LogP contribution in [0.25, 0.3) is 6.08 Å². The van der Waals surface area contributed by atoms with E-state index in [2.05, 4.69) is 0 Å². The minimum atomic E-state index is -1.39. The number of hydrogen-bond acceptors (Lipinski definition) is 4. The first-order valence-electron chi connectivity index (χ1n) is 11.3. The molecule has 33 heavy (non-hydrogen) atoms. The zero-order chi connectivity index (χ0) is 22.9. The fourth-order valence-corrected chi connectivity index (χ4v) is 6.22. The maximum absolute atomic E-state index is 14.2. The highest BCUT2D eigenvalue weighted by atomic mass is 16.2. The third-order valence-electron chi connectivity index (χ3n) is 7.57. The quantitative estimate of drug-likeness (QED) is 0.533. The van der Waals surface area contributed by atoms with E-state index in [0.29, 0.717) is 11.1 Å². The first kappa shape index (κ1) is 19.9. The van der Waals surface area contributed by atoms with Crippen molar-refractivity contribution in [3.63, 3.8) is 0 Å². The van der Waals surface area contributed by atoms with Crippen molar-refractivity contribution in [3.05, 3.63) is 107 Å². The molecule has 0 aromatic heterocycles. The summed E-state index contributed by atoms with van der Waals surface area (Å²) in [4.78, 5) is 43.8. The highest BCUT2D eigenvalue weighted by molar-refractivity contribution is 6.32. The van der Waals surface area contributed by atoms with Crippen LogP contribution in [0.1, 0.15) is 50.2 Å². The summed E-state index contributed by atoms with van der Waals surface area (Å²) in [6.45, 7) is 3.57. The molecule has 0 radical (unpaired) electrons. The van der Waals surface area contributed by atoms with Gasteiger partial charge < -0.3 is 4.90 Å². The molecule has 2 aliphatic heterocycles. The van der Waals surface area contributed by atoms with Gasteiger partial charge in [0.05, 0.1) is 12.1 Å². The number of benzene rings is 3. The fourth-order valence-electron chi connectivity index (χ4n) is 6.22. The summed E-state index contributed by atoms with van der Waals surface area (Å²) >= 11 is 0. The average molecular weight is 434 g/mol. The van der Waals surface area contributed by atoms with Crippen molar-refractivity contribution < 1.29 is 14.4 Å². The highest BCUT2D eigenvalue weighted by Gasteiger charge is 2.71. The van der Waals surface area contributed by atoms with Gasteiger partial charge >= 0.3 is 0 Å². The lowest BCUT2D eigenvalue weighted by Crippen LogP contribution is -2.48. The number of hydrogen-bond donors (Lipinski definition) is 0. The third-order valence-corrected chi connectivity index (χ3v) is 7.57. The van der Waals surface area contributed by atoms with E-state index >= 15 is 0 Å². The zero-order valence-electron chi connectivity index (χ0n) is 18.5. The topological polar surface area (TPSA) is 54.5 Å².